The molecule has 0 fully saturated rings. The third-order valence-corrected chi connectivity index (χ3v) is 4.73. The van der Waals surface area contributed by atoms with Crippen molar-refractivity contribution < 1.29 is 0 Å². The smallest absolute Gasteiger partial charge is 0.170 e. The molecule has 0 atom stereocenters. The number of hydrazine groups is 1. The molecule has 1 aliphatic rings. The highest BCUT2D eigenvalue weighted by molar-refractivity contribution is 7.99. The van der Waals surface area contributed by atoms with Gasteiger partial charge in [-0.1, -0.05) is 17.8 Å². The predicted molar refractivity (Wildman–Crippen MR) is 83.4 cm³/mol. The fourth-order valence-electron chi connectivity index (χ4n) is 2.76. The van der Waals surface area contributed by atoms with Crippen molar-refractivity contribution in [1.29, 1.82) is 0 Å². The van der Waals surface area contributed by atoms with Gasteiger partial charge in [-0.25, -0.2) is 15.8 Å². The summed E-state index contributed by atoms with van der Waals surface area (Å²) in [7, 11) is 0. The van der Waals surface area contributed by atoms with E-state index in [-0.39, 0.29) is 0 Å². The van der Waals surface area contributed by atoms with Gasteiger partial charge in [0.05, 0.1) is 6.20 Å². The van der Waals surface area contributed by atoms with E-state index in [1.165, 1.54) is 35.3 Å². The van der Waals surface area contributed by atoms with Crippen LogP contribution in [-0.2, 0) is 12.8 Å². The van der Waals surface area contributed by atoms with Crippen LogP contribution in [0.4, 0.5) is 5.82 Å². The monoisotopic (exact) mass is 297 g/mol. The van der Waals surface area contributed by atoms with Crippen LogP contribution < -0.4 is 11.3 Å². The fourth-order valence-corrected chi connectivity index (χ4v) is 3.72. The molecule has 0 radical (unpaired) electrons. The maximum atomic E-state index is 5.49. The Balaban J connectivity index is 1.75. The van der Waals surface area contributed by atoms with Crippen molar-refractivity contribution in [2.75, 3.05) is 5.43 Å². The summed E-state index contributed by atoms with van der Waals surface area (Å²) in [5.41, 5.74) is 6.40. The maximum absolute atomic E-state index is 5.49. The minimum Gasteiger partial charge on any atom is -0.307 e. The number of nitrogens with two attached hydrogens (primary N) is 1. The third kappa shape index (κ3) is 2.26. The quantitative estimate of drug-likeness (QED) is 0.574. The number of hydrogen-bond acceptors (Lipinski definition) is 5. The number of rotatable bonds is 3. The van der Waals surface area contributed by atoms with Crippen LogP contribution in [0.5, 0.6) is 0 Å². The molecule has 3 N–H and O–H groups in total. The maximum Gasteiger partial charge on any atom is 0.170 e. The van der Waals surface area contributed by atoms with Crippen LogP contribution >= 0.6 is 11.8 Å². The minimum absolute atomic E-state index is 0.629. The van der Waals surface area contributed by atoms with E-state index in [0.29, 0.717) is 5.82 Å². The average molecular weight is 297 g/mol. The number of imidazole rings is 1. The molecule has 0 saturated heterocycles. The molecule has 0 saturated carbocycles. The van der Waals surface area contributed by atoms with E-state index in [4.69, 9.17) is 5.84 Å². The fraction of sp³-hybridized carbons (Fsp3) is 0.200. The molecular weight excluding hydrogens is 282 g/mol. The Kier molecular flexibility index (Phi) is 3.05. The molecule has 5 nitrogen and oxygen atoms in total. The van der Waals surface area contributed by atoms with Crippen molar-refractivity contribution in [1.82, 2.24) is 14.4 Å². The van der Waals surface area contributed by atoms with Crippen molar-refractivity contribution in [3.05, 3.63) is 47.9 Å². The van der Waals surface area contributed by atoms with E-state index >= 15 is 0 Å². The van der Waals surface area contributed by atoms with Crippen LogP contribution in [0, 0.1) is 0 Å². The highest BCUT2D eigenvalue weighted by Gasteiger charge is 2.13. The summed E-state index contributed by atoms with van der Waals surface area (Å²) < 4.78 is 1.93. The summed E-state index contributed by atoms with van der Waals surface area (Å²) in [6, 6.07) is 6.67. The third-order valence-electron chi connectivity index (χ3n) is 3.78. The normalized spacial score (nSPS) is 13.6. The van der Waals surface area contributed by atoms with Gasteiger partial charge in [-0.05, 0) is 42.5 Å². The first-order valence-electron chi connectivity index (χ1n) is 6.93. The van der Waals surface area contributed by atoms with Gasteiger partial charge in [0.25, 0.3) is 0 Å². The zero-order valence-electron chi connectivity index (χ0n) is 11.4. The Hall–Kier alpha value is -2.05. The van der Waals surface area contributed by atoms with Gasteiger partial charge in [0.15, 0.2) is 11.5 Å². The number of fused-ring (bicyclic) bond motifs is 2. The van der Waals surface area contributed by atoms with Gasteiger partial charge in [0.2, 0.25) is 0 Å². The lowest BCUT2D eigenvalue weighted by Gasteiger charge is -2.08. The number of aromatic nitrogens is 3. The van der Waals surface area contributed by atoms with Gasteiger partial charge in [-0.3, -0.25) is 0 Å². The molecule has 0 bridgehead atoms. The summed E-state index contributed by atoms with van der Waals surface area (Å²) in [6.45, 7) is 0. The number of hydrogen-bond donors (Lipinski definition) is 2. The van der Waals surface area contributed by atoms with Crippen LogP contribution in [0.25, 0.3) is 5.65 Å². The van der Waals surface area contributed by atoms with Gasteiger partial charge in [-0.2, -0.15) is 0 Å². The Morgan fingerprint density at radius 1 is 1.24 bits per heavy atom. The molecule has 1 aromatic carbocycles. The van der Waals surface area contributed by atoms with Gasteiger partial charge in [0, 0.05) is 17.3 Å². The average Bonchev–Trinajstić information content (AvgIpc) is 3.14. The zero-order chi connectivity index (χ0) is 14.2. The summed E-state index contributed by atoms with van der Waals surface area (Å²) in [5.74, 6) is 6.12. The first-order chi connectivity index (χ1) is 10.3. The number of nitrogens with zero attached hydrogens (tertiary/aromatic N) is 3. The van der Waals surface area contributed by atoms with Gasteiger partial charge < -0.3 is 9.83 Å². The molecule has 0 spiro atoms. The lowest BCUT2D eigenvalue weighted by molar-refractivity contribution is 0.911. The molecule has 21 heavy (non-hydrogen) atoms. The van der Waals surface area contributed by atoms with Crippen molar-refractivity contribution in [3.63, 3.8) is 0 Å². The molecule has 4 rings (SSSR count). The lowest BCUT2D eigenvalue weighted by Crippen LogP contribution is -2.10. The molecule has 1 aliphatic carbocycles. The molecular formula is C15H15N5S. The second kappa shape index (κ2) is 5.05. The largest absolute Gasteiger partial charge is 0.307 e. The van der Waals surface area contributed by atoms with Crippen molar-refractivity contribution in [2.24, 2.45) is 5.84 Å². The van der Waals surface area contributed by atoms with Crippen LogP contribution in [0.3, 0.4) is 0 Å². The minimum atomic E-state index is 0.629. The number of anilines is 1. The predicted octanol–water partition coefficient (Wildman–Crippen LogP) is 2.65. The van der Waals surface area contributed by atoms with Gasteiger partial charge in [-0.15, -0.1) is 0 Å². The van der Waals surface area contributed by atoms with E-state index in [9.17, 15) is 0 Å². The number of nitrogen functional groups attached to an aromatic ring is 1. The molecule has 0 aliphatic heterocycles. The number of aryl methyl sites for hydroxylation is 2. The summed E-state index contributed by atoms with van der Waals surface area (Å²) in [5, 5.41) is 0.855. The van der Waals surface area contributed by atoms with Crippen LogP contribution in [0.15, 0.2) is 46.7 Å². The number of nitrogens with one attached hydrogen (secondary N) is 1. The van der Waals surface area contributed by atoms with E-state index in [0.717, 1.165) is 10.7 Å². The molecule has 0 unspecified atom stereocenters. The summed E-state index contributed by atoms with van der Waals surface area (Å²) in [4.78, 5) is 10.1. The molecule has 3 aromatic rings. The van der Waals surface area contributed by atoms with Gasteiger partial charge >= 0.3 is 0 Å². The van der Waals surface area contributed by atoms with E-state index in [1.807, 2.05) is 16.8 Å². The Morgan fingerprint density at radius 3 is 3.05 bits per heavy atom. The summed E-state index contributed by atoms with van der Waals surface area (Å²) in [6.07, 6.45) is 9.14. The molecule has 6 heteroatoms. The van der Waals surface area contributed by atoms with E-state index < -0.39 is 0 Å². The second-order valence-corrected chi connectivity index (χ2v) is 6.18. The SMILES string of the molecule is NNc1cn2ccnc2c(Sc2ccc3c(c2)CCC3)n1. The summed E-state index contributed by atoms with van der Waals surface area (Å²) >= 11 is 1.63. The van der Waals surface area contributed by atoms with Crippen LogP contribution in [-0.4, -0.2) is 14.4 Å². The van der Waals surface area contributed by atoms with Gasteiger partial charge in [0.1, 0.15) is 5.03 Å². The lowest BCUT2D eigenvalue weighted by atomic mass is 10.1. The Morgan fingerprint density at radius 2 is 2.14 bits per heavy atom. The molecule has 2 heterocycles. The highest BCUT2D eigenvalue weighted by Crippen LogP contribution is 2.33. The van der Waals surface area contributed by atoms with Crippen LogP contribution in [0.2, 0.25) is 0 Å². The highest BCUT2D eigenvalue weighted by atomic mass is 32.2. The van der Waals surface area contributed by atoms with E-state index in [2.05, 4.69) is 33.6 Å². The molecule has 0 amide bonds. The van der Waals surface area contributed by atoms with Crippen molar-refractivity contribution >= 4 is 23.2 Å². The number of benzene rings is 1. The standard InChI is InChI=1S/C15H15N5S/c16-19-13-9-20-7-6-17-14(20)15(18-13)21-12-5-4-10-2-1-3-11(10)8-12/h4-9,19H,1-3,16H2. The van der Waals surface area contributed by atoms with Crippen molar-refractivity contribution in [2.45, 2.75) is 29.2 Å². The topological polar surface area (TPSA) is 68.2 Å². The first kappa shape index (κ1) is 12.7. The Labute approximate surface area is 126 Å². The van der Waals surface area contributed by atoms with E-state index in [1.54, 1.807) is 18.0 Å². The first-order valence-corrected chi connectivity index (χ1v) is 7.75. The molecule has 106 valence electrons. The van der Waals surface area contributed by atoms with Crippen LogP contribution in [0.1, 0.15) is 17.5 Å². The molecule has 2 aromatic heterocycles. The Bertz CT molecular complexity index is 811. The second-order valence-electron chi connectivity index (χ2n) is 5.12. The zero-order valence-corrected chi connectivity index (χ0v) is 12.2. The van der Waals surface area contributed by atoms with Crippen molar-refractivity contribution in [3.8, 4) is 0 Å².